The van der Waals surface area contributed by atoms with Gasteiger partial charge in [-0.05, 0) is 97.6 Å². The molecule has 0 aliphatic carbocycles. The summed E-state index contributed by atoms with van der Waals surface area (Å²) in [5.41, 5.74) is 2.31. The Morgan fingerprint density at radius 3 is 0.371 bits per heavy atom. The maximum atomic E-state index is 14.1. The SMILES string of the molecule is CS(=O)(=O)N(Cc1ccccc1)S(=O)(=O)CCCCCCS(=O)(=O)N(Cc1ccccc1)S(=O)(=O)CCCCCCS(=O)(=O)N(Cc1ccccc1)S(=O)(=O)CCCCCCS(=O)(=O)N(Cc1ccccc1)S(=O)(=O)CCCCCCS(=O)(=O)N(Cc1ccccc1)S(=O)(=O)CCCCCCS(=O)(=O)N(Cc1ccccc1)S(C)(=O)=O. The molecule has 0 aliphatic heterocycles. The maximum absolute atomic E-state index is 14.1. The van der Waals surface area contributed by atoms with Crippen molar-refractivity contribution in [3.05, 3.63) is 215 Å². The van der Waals surface area contributed by atoms with E-state index in [9.17, 15) is 101 Å². The smallest absolute Gasteiger partial charge is 0.212 e. The Hall–Kier alpha value is -5.52. The summed E-state index contributed by atoms with van der Waals surface area (Å²) in [6.07, 6.45) is 1.85. The van der Waals surface area contributed by atoms with Crippen molar-refractivity contribution in [3.63, 3.8) is 0 Å². The summed E-state index contributed by atoms with van der Waals surface area (Å²) in [5.74, 6) is -6.35. The Morgan fingerprint density at radius 1 is 0.155 bits per heavy atom. The highest BCUT2D eigenvalue weighted by molar-refractivity contribution is 8.06. The first-order valence-electron chi connectivity index (χ1n) is 37.9. The molecule has 0 heterocycles. The summed E-state index contributed by atoms with van der Waals surface area (Å²) >= 11 is 0. The average molecular weight is 1850 g/mol. The molecule has 0 spiro atoms. The van der Waals surface area contributed by atoms with Crippen LogP contribution in [0.5, 0.6) is 0 Å². The van der Waals surface area contributed by atoms with Gasteiger partial charge in [0.05, 0.1) is 109 Å². The van der Waals surface area contributed by atoms with Gasteiger partial charge in [-0.1, -0.05) is 268 Å². The second-order valence-electron chi connectivity index (χ2n) is 28.3. The fourth-order valence-corrected chi connectivity index (χ4v) is 35.4. The van der Waals surface area contributed by atoms with E-state index in [2.05, 4.69) is 0 Å². The van der Waals surface area contributed by atoms with Crippen LogP contribution in [0.1, 0.15) is 162 Å². The van der Waals surface area contributed by atoms with Crippen LogP contribution in [0, 0.1) is 0 Å². The van der Waals surface area contributed by atoms with E-state index in [1.54, 1.807) is 158 Å². The first kappa shape index (κ1) is 99.3. The third-order valence-electron chi connectivity index (χ3n) is 18.5. The van der Waals surface area contributed by atoms with Gasteiger partial charge in [-0.2, -0.15) is 0 Å². The van der Waals surface area contributed by atoms with E-state index in [4.69, 9.17) is 0 Å². The van der Waals surface area contributed by atoms with Crippen molar-refractivity contribution in [3.8, 4) is 0 Å². The van der Waals surface area contributed by atoms with Crippen LogP contribution in [-0.2, 0) is 160 Å². The van der Waals surface area contributed by atoms with Crippen LogP contribution in [0.4, 0.5) is 0 Å². The molecular formula is C74H108N6O24S12. The zero-order valence-electron chi connectivity index (χ0n) is 65.2. The van der Waals surface area contributed by atoms with Crippen LogP contribution in [-0.4, -0.2) is 193 Å². The molecule has 0 saturated carbocycles. The minimum Gasteiger partial charge on any atom is -0.212 e. The predicted octanol–water partition coefficient (Wildman–Crippen LogP) is 9.02. The van der Waals surface area contributed by atoms with Crippen molar-refractivity contribution < 1.29 is 101 Å². The van der Waals surface area contributed by atoms with Gasteiger partial charge in [-0.25, -0.2) is 101 Å². The molecule has 0 atom stereocenters. The number of unbranched alkanes of at least 4 members (excludes halogenated alkanes) is 15. The van der Waals surface area contributed by atoms with Gasteiger partial charge in [0.1, 0.15) is 0 Å². The molecule has 30 nitrogen and oxygen atoms in total. The number of nitrogens with zero attached hydrogens (tertiary/aromatic N) is 6. The third kappa shape index (κ3) is 33.5. The lowest BCUT2D eigenvalue weighted by molar-refractivity contribution is 0.484. The van der Waals surface area contributed by atoms with E-state index in [-0.39, 0.29) is 128 Å². The first-order valence-corrected chi connectivity index (χ1v) is 57.7. The molecule has 6 rings (SSSR count). The highest BCUT2D eigenvalue weighted by Crippen LogP contribution is 2.27. The van der Waals surface area contributed by atoms with E-state index in [1.807, 2.05) is 0 Å². The highest BCUT2D eigenvalue weighted by Gasteiger charge is 2.39. The molecule has 6 aromatic carbocycles. The Bertz CT molecular complexity index is 5180. The van der Waals surface area contributed by atoms with Crippen LogP contribution in [0.25, 0.3) is 0 Å². The molecule has 0 unspecified atom stereocenters. The van der Waals surface area contributed by atoms with Gasteiger partial charge in [0.2, 0.25) is 120 Å². The second kappa shape index (κ2) is 45.4. The molecule has 0 aromatic heterocycles. The molecule has 42 heteroatoms. The summed E-state index contributed by atoms with van der Waals surface area (Å²) in [6, 6.07) is 48.0. The second-order valence-corrected chi connectivity index (χ2v) is 53.6. The fraction of sp³-hybridized carbons (Fsp3) is 0.514. The van der Waals surface area contributed by atoms with Crippen LogP contribution in [0.3, 0.4) is 0 Å². The molecule has 0 radical (unpaired) electrons. The molecule has 650 valence electrons. The zero-order valence-corrected chi connectivity index (χ0v) is 75.0. The third-order valence-corrected chi connectivity index (χ3v) is 44.3. The quantitative estimate of drug-likeness (QED) is 0.0321. The Morgan fingerprint density at radius 2 is 0.259 bits per heavy atom. The van der Waals surface area contributed by atoms with E-state index in [1.165, 1.54) is 24.3 Å². The summed E-state index contributed by atoms with van der Waals surface area (Å²) in [6.45, 7) is -3.00. The maximum Gasteiger partial charge on any atom is 0.227 e. The van der Waals surface area contributed by atoms with Gasteiger partial charge in [0, 0.05) is 0 Å². The van der Waals surface area contributed by atoms with Crippen LogP contribution in [0.15, 0.2) is 182 Å². The molecular weight excluding hydrogens is 1740 g/mol. The normalized spacial score (nSPS) is 13.6. The van der Waals surface area contributed by atoms with Crippen molar-refractivity contribution in [2.24, 2.45) is 0 Å². The van der Waals surface area contributed by atoms with Crippen LogP contribution >= 0.6 is 0 Å². The molecule has 0 amide bonds. The van der Waals surface area contributed by atoms with E-state index in [0.29, 0.717) is 55.6 Å². The van der Waals surface area contributed by atoms with Gasteiger partial charge >= 0.3 is 0 Å². The van der Waals surface area contributed by atoms with Gasteiger partial charge < -0.3 is 0 Å². The summed E-state index contributed by atoms with van der Waals surface area (Å²) < 4.78 is 330. The van der Waals surface area contributed by atoms with Crippen molar-refractivity contribution in [2.75, 3.05) is 70.0 Å². The minimum atomic E-state index is -4.61. The Labute approximate surface area is 690 Å². The Kier molecular flexibility index (Phi) is 38.9. The number of sulfonamides is 12. The van der Waals surface area contributed by atoms with E-state index >= 15 is 0 Å². The number of rotatable bonds is 59. The largest absolute Gasteiger partial charge is 0.227 e. The lowest BCUT2D eigenvalue weighted by Gasteiger charge is -2.23. The van der Waals surface area contributed by atoms with Crippen molar-refractivity contribution in [2.45, 2.75) is 168 Å². The van der Waals surface area contributed by atoms with Gasteiger partial charge in [-0.3, -0.25) is 0 Å². The Balaban J connectivity index is 0.977. The summed E-state index contributed by atoms with van der Waals surface area (Å²) in [7, 11) is -53.6. The number of hydrogen-bond donors (Lipinski definition) is 0. The standard InChI is InChI=1S/C74H108N6O24S12/c1-105(81,82)75(63-69-41-19-13-20-42-69)107(85,86)53-31-3-5-33-55-109(89,90)77(65-71-45-23-15-24-46-71)111(93,94)57-35-7-9-37-59-113(97,98)79(67-73-49-27-17-28-50-73)115(101,102)61-39-11-12-40-62-116(103,104)80(68-74-51-29-18-30-52-74)114(99,100)60-38-10-8-36-58-112(95,96)78(66-72-47-25-16-26-48-72)110(91,92)56-34-6-4-32-54-108(87,88)76(106(2,83)84)64-70-43-21-14-22-44-70/h13-30,41-52H,3-12,31-40,53-68H2,1-2H3. The lowest BCUT2D eigenvalue weighted by atomic mass is 10.2. The summed E-state index contributed by atoms with van der Waals surface area (Å²) in [4.78, 5) is 0. The predicted molar refractivity (Wildman–Crippen MR) is 452 cm³/mol. The molecule has 0 saturated heterocycles. The number of hydrogen-bond acceptors (Lipinski definition) is 24. The number of benzene rings is 6. The first-order chi connectivity index (χ1) is 54.3. The fourth-order valence-electron chi connectivity index (χ4n) is 12.3. The monoisotopic (exact) mass is 1850 g/mol. The summed E-state index contributed by atoms with van der Waals surface area (Å²) in [5, 5.41) is 0. The molecule has 0 aliphatic rings. The molecule has 0 fully saturated rings. The van der Waals surface area contributed by atoms with Gasteiger partial charge in [0.25, 0.3) is 0 Å². The van der Waals surface area contributed by atoms with Crippen LogP contribution < -0.4 is 0 Å². The topological polar surface area (TPSA) is 429 Å². The minimum absolute atomic E-state index is 0.0137. The lowest BCUT2D eigenvalue weighted by Crippen LogP contribution is -2.39. The molecule has 0 bridgehead atoms. The van der Waals surface area contributed by atoms with E-state index < -0.39 is 217 Å². The zero-order chi connectivity index (χ0) is 85.6. The van der Waals surface area contributed by atoms with Crippen molar-refractivity contribution >= 4 is 120 Å². The molecule has 116 heavy (non-hydrogen) atoms. The molecule has 6 aromatic rings. The van der Waals surface area contributed by atoms with Crippen LogP contribution in [0.2, 0.25) is 0 Å². The van der Waals surface area contributed by atoms with Crippen molar-refractivity contribution in [1.82, 2.24) is 22.3 Å². The van der Waals surface area contributed by atoms with Gasteiger partial charge in [-0.15, -0.1) is 0 Å². The molecule has 0 N–H and O–H groups in total. The average Bonchev–Trinajstić information content (AvgIpc) is 0.803. The van der Waals surface area contributed by atoms with E-state index in [0.717, 1.165) is 12.5 Å². The van der Waals surface area contributed by atoms with Crippen molar-refractivity contribution in [1.29, 1.82) is 0 Å². The highest BCUT2D eigenvalue weighted by atomic mass is 32.3. The van der Waals surface area contributed by atoms with Gasteiger partial charge in [0.15, 0.2) is 0 Å².